The summed E-state index contributed by atoms with van der Waals surface area (Å²) < 4.78 is 5.35. The van der Waals surface area contributed by atoms with Crippen LogP contribution in [0.1, 0.15) is 44.7 Å². The summed E-state index contributed by atoms with van der Waals surface area (Å²) in [6.07, 6.45) is -1.12. The fourth-order valence-corrected chi connectivity index (χ4v) is 2.71. The topological polar surface area (TPSA) is 105 Å². The van der Waals surface area contributed by atoms with Gasteiger partial charge in [0.15, 0.2) is 12.4 Å². The number of carbonyl (C=O) groups is 3. The maximum Gasteiger partial charge on any atom is 0.417 e. The van der Waals surface area contributed by atoms with E-state index in [1.807, 2.05) is 24.3 Å². The van der Waals surface area contributed by atoms with E-state index in [0.717, 1.165) is 16.0 Å². The Bertz CT molecular complexity index is 942. The lowest BCUT2D eigenvalue weighted by atomic mass is 10.1. The molecule has 0 saturated carbocycles. The second-order valence-electron chi connectivity index (χ2n) is 8.34. The first-order chi connectivity index (χ1) is 15.6. The van der Waals surface area contributed by atoms with Crippen LogP contribution in [0.15, 0.2) is 60.7 Å². The lowest BCUT2D eigenvalue weighted by Crippen LogP contribution is -2.40. The van der Waals surface area contributed by atoms with Gasteiger partial charge in [0.2, 0.25) is 5.91 Å². The molecule has 2 rings (SSSR count). The van der Waals surface area contributed by atoms with Gasteiger partial charge < -0.3 is 4.74 Å². The van der Waals surface area contributed by atoms with Crippen molar-refractivity contribution in [1.82, 2.24) is 10.3 Å². The van der Waals surface area contributed by atoms with Gasteiger partial charge in [0.05, 0.1) is 6.54 Å². The van der Waals surface area contributed by atoms with Crippen molar-refractivity contribution in [3.05, 3.63) is 76.7 Å². The quantitative estimate of drug-likeness (QED) is 0.514. The second-order valence-corrected chi connectivity index (χ2v) is 8.34. The molecule has 0 aliphatic carbocycles. The number of hydrogen-bond donors (Lipinski definition) is 1. The number of hydrogen-bond acceptors (Lipinski definition) is 6. The normalized spacial score (nSPS) is 10.8. The van der Waals surface area contributed by atoms with Crippen LogP contribution in [0.25, 0.3) is 0 Å². The first-order valence-corrected chi connectivity index (χ1v) is 10.6. The van der Waals surface area contributed by atoms with Crippen LogP contribution in [0.4, 0.5) is 4.79 Å². The third kappa shape index (κ3) is 9.94. The van der Waals surface area contributed by atoms with Crippen molar-refractivity contribution < 1.29 is 29.0 Å². The average molecular weight is 457 g/mol. The molecule has 2 aromatic rings. The number of amides is 2. The van der Waals surface area contributed by atoms with E-state index >= 15 is 0 Å². The molecule has 0 fully saturated rings. The number of imide groups is 1. The van der Waals surface area contributed by atoms with E-state index in [1.165, 1.54) is 0 Å². The van der Waals surface area contributed by atoms with Gasteiger partial charge in [0.25, 0.3) is 0 Å². The first-order valence-electron chi connectivity index (χ1n) is 10.6. The van der Waals surface area contributed by atoms with Gasteiger partial charge in [-0.25, -0.2) is 14.5 Å². The third-order valence-corrected chi connectivity index (χ3v) is 4.31. The standard InChI is InChI=1S/C24H30N3O6/c1-24(2,3)33-23(30)26(17-19-10-6-4-7-11-19)22(29)15-14-21(28)16-25-27(31)32-18-20-12-8-5-9-13-20/h4-13H,14-18H2,1-3H3,(H,25,31)/q+1. The summed E-state index contributed by atoms with van der Waals surface area (Å²) >= 11 is 0. The molecule has 9 heteroatoms. The summed E-state index contributed by atoms with van der Waals surface area (Å²) in [7, 11) is 0. The maximum absolute atomic E-state index is 12.7. The minimum atomic E-state index is -0.776. The molecule has 0 aliphatic heterocycles. The smallest absolute Gasteiger partial charge is 0.417 e. The van der Waals surface area contributed by atoms with Crippen LogP contribution in [0.2, 0.25) is 0 Å². The Morgan fingerprint density at radius 3 is 2.06 bits per heavy atom. The number of nitrogens with one attached hydrogen (secondary N) is 1. The predicted molar refractivity (Wildman–Crippen MR) is 120 cm³/mol. The molecule has 2 amide bonds. The van der Waals surface area contributed by atoms with Crippen molar-refractivity contribution in [3.63, 3.8) is 0 Å². The van der Waals surface area contributed by atoms with E-state index < -0.39 is 17.6 Å². The minimum absolute atomic E-state index is 0.0304. The summed E-state index contributed by atoms with van der Waals surface area (Å²) in [5.41, 5.74) is 3.07. The van der Waals surface area contributed by atoms with E-state index in [4.69, 9.17) is 9.57 Å². The summed E-state index contributed by atoms with van der Waals surface area (Å²) in [6, 6.07) is 18.1. The van der Waals surface area contributed by atoms with Crippen molar-refractivity contribution in [3.8, 4) is 0 Å². The molecule has 0 heterocycles. The molecule has 2 aromatic carbocycles. The highest BCUT2D eigenvalue weighted by molar-refractivity contribution is 5.94. The van der Waals surface area contributed by atoms with Crippen LogP contribution in [-0.2, 0) is 32.3 Å². The molecule has 0 bridgehead atoms. The molecule has 0 spiro atoms. The van der Waals surface area contributed by atoms with Crippen LogP contribution in [0.5, 0.6) is 0 Å². The SMILES string of the molecule is CC(C)(C)OC(=O)N(Cc1ccccc1)C(=O)CCC(=O)CN[N+](=O)OCc1ccccc1. The molecule has 176 valence electrons. The van der Waals surface area contributed by atoms with Crippen molar-refractivity contribution in [1.29, 1.82) is 0 Å². The summed E-state index contributed by atoms with van der Waals surface area (Å²) in [6.45, 7) is 4.90. The molecule has 0 saturated heterocycles. The third-order valence-electron chi connectivity index (χ3n) is 4.31. The van der Waals surface area contributed by atoms with Crippen LogP contribution < -0.4 is 5.43 Å². The number of benzene rings is 2. The predicted octanol–water partition coefficient (Wildman–Crippen LogP) is 3.71. The number of hydrazine groups is 1. The minimum Gasteiger partial charge on any atom is -0.443 e. The highest BCUT2D eigenvalue weighted by Crippen LogP contribution is 2.14. The fourth-order valence-electron chi connectivity index (χ4n) is 2.71. The Labute approximate surface area is 193 Å². The molecule has 0 aliphatic rings. The monoisotopic (exact) mass is 456 g/mol. The highest BCUT2D eigenvalue weighted by atomic mass is 16.8. The van der Waals surface area contributed by atoms with Gasteiger partial charge >= 0.3 is 11.1 Å². The number of carbonyl (C=O) groups excluding carboxylic acids is 3. The summed E-state index contributed by atoms with van der Waals surface area (Å²) in [5, 5.41) is 0.120. The molecular formula is C24H30N3O6+. The zero-order chi connectivity index (χ0) is 24.3. The van der Waals surface area contributed by atoms with E-state index in [2.05, 4.69) is 5.43 Å². The molecular weight excluding hydrogens is 426 g/mol. The van der Waals surface area contributed by atoms with Gasteiger partial charge in [0, 0.05) is 12.8 Å². The molecule has 33 heavy (non-hydrogen) atoms. The number of Topliss-reactive ketones (excluding diaryl/α,β-unsaturated/α-hetero) is 1. The Morgan fingerprint density at radius 1 is 0.909 bits per heavy atom. The number of ketones is 1. The zero-order valence-electron chi connectivity index (χ0n) is 19.2. The Balaban J connectivity index is 1.83. The average Bonchev–Trinajstić information content (AvgIpc) is 2.78. The van der Waals surface area contributed by atoms with E-state index in [0.29, 0.717) is 0 Å². The second kappa shape index (κ2) is 12.3. The van der Waals surface area contributed by atoms with Crippen LogP contribution >= 0.6 is 0 Å². The van der Waals surface area contributed by atoms with Gasteiger partial charge in [-0.1, -0.05) is 66.1 Å². The first kappa shape index (κ1) is 25.5. The van der Waals surface area contributed by atoms with Gasteiger partial charge in [-0.2, -0.15) is 0 Å². The van der Waals surface area contributed by atoms with Gasteiger partial charge in [-0.3, -0.25) is 9.59 Å². The molecule has 0 atom stereocenters. The lowest BCUT2D eigenvalue weighted by molar-refractivity contribution is -0.846. The Morgan fingerprint density at radius 2 is 1.48 bits per heavy atom. The van der Waals surface area contributed by atoms with Crippen molar-refractivity contribution in [2.45, 2.75) is 52.4 Å². The zero-order valence-corrected chi connectivity index (χ0v) is 19.2. The largest absolute Gasteiger partial charge is 0.443 e. The van der Waals surface area contributed by atoms with Crippen LogP contribution in [0.3, 0.4) is 0 Å². The number of rotatable bonds is 11. The molecule has 9 nitrogen and oxygen atoms in total. The lowest BCUT2D eigenvalue weighted by Gasteiger charge is -2.26. The van der Waals surface area contributed by atoms with Gasteiger partial charge in [0.1, 0.15) is 17.1 Å². The van der Waals surface area contributed by atoms with Crippen molar-refractivity contribution in [2.24, 2.45) is 0 Å². The van der Waals surface area contributed by atoms with Crippen LogP contribution in [0, 0.1) is 4.91 Å². The van der Waals surface area contributed by atoms with Gasteiger partial charge in [-0.05, 0) is 31.9 Å². The van der Waals surface area contributed by atoms with Crippen molar-refractivity contribution >= 4 is 17.8 Å². The van der Waals surface area contributed by atoms with Crippen molar-refractivity contribution in [2.75, 3.05) is 6.54 Å². The molecule has 1 N–H and O–H groups in total. The van der Waals surface area contributed by atoms with E-state index in [-0.39, 0.29) is 43.4 Å². The van der Waals surface area contributed by atoms with E-state index in [1.54, 1.807) is 57.2 Å². The Hall–Kier alpha value is -3.75. The number of nitrogens with zero attached hydrogens (tertiary/aromatic N) is 2. The molecule has 0 radical (unpaired) electrons. The van der Waals surface area contributed by atoms with E-state index in [9.17, 15) is 19.3 Å². The van der Waals surface area contributed by atoms with Gasteiger partial charge in [-0.15, -0.1) is 0 Å². The Kier molecular flexibility index (Phi) is 9.53. The molecule has 0 aromatic heterocycles. The summed E-state index contributed by atoms with van der Waals surface area (Å²) in [5.74, 6) is -0.919. The number of ether oxygens (including phenoxy) is 1. The van der Waals surface area contributed by atoms with Crippen LogP contribution in [-0.4, -0.2) is 39.9 Å². The fraction of sp³-hybridized carbons (Fsp3) is 0.375. The molecule has 0 unspecified atom stereocenters. The summed E-state index contributed by atoms with van der Waals surface area (Å²) in [4.78, 5) is 55.1. The maximum atomic E-state index is 12.7. The highest BCUT2D eigenvalue weighted by Gasteiger charge is 2.27.